The highest BCUT2D eigenvalue weighted by Gasteiger charge is 2.37. The number of methoxy groups -OCH3 is 2. The Morgan fingerprint density at radius 2 is 1.75 bits per heavy atom. The summed E-state index contributed by atoms with van der Waals surface area (Å²) in [6, 6.07) is 9.18. The molecule has 1 aliphatic rings. The summed E-state index contributed by atoms with van der Waals surface area (Å²) in [5.41, 5.74) is -1.06. The number of halogens is 3. The minimum absolute atomic E-state index is 0.0390. The summed E-state index contributed by atoms with van der Waals surface area (Å²) in [6.45, 7) is 2.89. The van der Waals surface area contributed by atoms with E-state index in [9.17, 15) is 27.1 Å². The van der Waals surface area contributed by atoms with Crippen LogP contribution in [0.1, 0.15) is 26.7 Å². The molecule has 1 unspecified atom stereocenters. The third kappa shape index (κ3) is 5.53. The topological polar surface area (TPSA) is 102 Å². The van der Waals surface area contributed by atoms with Gasteiger partial charge in [-0.2, -0.15) is 0 Å². The molecular weight excluding hydrogens is 551 g/mol. The van der Waals surface area contributed by atoms with Crippen LogP contribution in [-0.2, 0) is 14.8 Å². The highest BCUT2D eigenvalue weighted by atomic mass is 32.2. The maximum Gasteiger partial charge on any atom is 0.309 e. The molecule has 4 rings (SSSR count). The largest absolute Gasteiger partial charge is 0.494 e. The highest BCUT2D eigenvalue weighted by Crippen LogP contribution is 2.42. The van der Waals surface area contributed by atoms with Gasteiger partial charge in [0.1, 0.15) is 17.7 Å². The van der Waals surface area contributed by atoms with Crippen LogP contribution in [0, 0.1) is 22.9 Å². The van der Waals surface area contributed by atoms with Gasteiger partial charge in [0.15, 0.2) is 23.1 Å². The number of hydrogen-bond donors (Lipinski definition) is 1. The van der Waals surface area contributed by atoms with Crippen LogP contribution in [0.4, 0.5) is 18.9 Å². The predicted molar refractivity (Wildman–Crippen MR) is 141 cm³/mol. The molecule has 0 saturated carbocycles. The molecule has 3 aromatic carbocycles. The fraction of sp³-hybridized carbons (Fsp3) is 0.321. The predicted octanol–water partition coefficient (Wildman–Crippen LogP) is 5.64. The fourth-order valence-corrected chi connectivity index (χ4v) is 5.85. The summed E-state index contributed by atoms with van der Waals surface area (Å²) < 4.78 is 88.1. The summed E-state index contributed by atoms with van der Waals surface area (Å²) in [5, 5.41) is 9.49. The van der Waals surface area contributed by atoms with Gasteiger partial charge in [-0.05, 0) is 62.6 Å². The second kappa shape index (κ2) is 10.9. The monoisotopic (exact) mass is 579 g/mol. The van der Waals surface area contributed by atoms with E-state index in [0.717, 1.165) is 34.6 Å². The third-order valence-corrected chi connectivity index (χ3v) is 8.58. The zero-order valence-electron chi connectivity index (χ0n) is 22.2. The van der Waals surface area contributed by atoms with E-state index in [-0.39, 0.29) is 58.3 Å². The first kappa shape index (κ1) is 29.1. The second-order valence-electron chi connectivity index (χ2n) is 9.95. The SMILES string of the molecule is COc1cc(S(=O)(=O)N2CC(CCC(C)(C)C(=O)O)Oc3ccc(-c4cc(F)cc(OC)c4F)cc32)ccc1F. The maximum absolute atomic E-state index is 15.1. The van der Waals surface area contributed by atoms with Crippen LogP contribution in [0.3, 0.4) is 0 Å². The molecule has 0 bridgehead atoms. The molecule has 1 atom stereocenters. The van der Waals surface area contributed by atoms with Crippen molar-refractivity contribution in [3.63, 3.8) is 0 Å². The van der Waals surface area contributed by atoms with Gasteiger partial charge in [0, 0.05) is 17.7 Å². The van der Waals surface area contributed by atoms with Crippen LogP contribution in [0.5, 0.6) is 17.2 Å². The van der Waals surface area contributed by atoms with Gasteiger partial charge in [-0.15, -0.1) is 0 Å². The Balaban J connectivity index is 1.83. The highest BCUT2D eigenvalue weighted by molar-refractivity contribution is 7.92. The molecule has 0 radical (unpaired) electrons. The van der Waals surface area contributed by atoms with Crippen LogP contribution in [0.2, 0.25) is 0 Å². The number of carboxylic acids is 1. The van der Waals surface area contributed by atoms with Crippen LogP contribution >= 0.6 is 0 Å². The first-order chi connectivity index (χ1) is 18.8. The lowest BCUT2D eigenvalue weighted by Gasteiger charge is -2.36. The van der Waals surface area contributed by atoms with Crippen molar-refractivity contribution in [1.29, 1.82) is 0 Å². The molecular formula is C28H28F3NO7S. The van der Waals surface area contributed by atoms with E-state index in [1.54, 1.807) is 13.8 Å². The minimum Gasteiger partial charge on any atom is -0.494 e. The molecule has 0 spiro atoms. The smallest absolute Gasteiger partial charge is 0.309 e. The molecule has 0 aromatic heterocycles. The van der Waals surface area contributed by atoms with E-state index in [4.69, 9.17) is 14.2 Å². The Labute approximate surface area is 230 Å². The molecule has 0 fully saturated rings. The summed E-state index contributed by atoms with van der Waals surface area (Å²) in [5.74, 6) is -3.84. The molecule has 0 amide bonds. The average Bonchev–Trinajstić information content (AvgIpc) is 2.92. The van der Waals surface area contributed by atoms with E-state index >= 15 is 4.39 Å². The zero-order valence-corrected chi connectivity index (χ0v) is 23.0. The number of fused-ring (bicyclic) bond motifs is 1. The average molecular weight is 580 g/mol. The number of carbonyl (C=O) groups is 1. The number of carboxylic acid groups (broad SMARTS) is 1. The Morgan fingerprint density at radius 1 is 1.05 bits per heavy atom. The quantitative estimate of drug-likeness (QED) is 0.350. The molecule has 1 aliphatic heterocycles. The second-order valence-corrected chi connectivity index (χ2v) is 11.8. The van der Waals surface area contributed by atoms with Crippen molar-refractivity contribution in [3.8, 4) is 28.4 Å². The van der Waals surface area contributed by atoms with E-state index in [1.807, 2.05) is 0 Å². The zero-order chi connectivity index (χ0) is 29.4. The number of sulfonamides is 1. The van der Waals surface area contributed by atoms with Crippen molar-refractivity contribution in [2.75, 3.05) is 25.1 Å². The molecule has 1 N–H and O–H groups in total. The minimum atomic E-state index is -4.36. The Hall–Kier alpha value is -3.93. The first-order valence-corrected chi connectivity index (χ1v) is 13.7. The lowest BCUT2D eigenvalue weighted by molar-refractivity contribution is -0.147. The van der Waals surface area contributed by atoms with Gasteiger partial charge >= 0.3 is 5.97 Å². The Morgan fingerprint density at radius 3 is 2.40 bits per heavy atom. The van der Waals surface area contributed by atoms with Crippen LogP contribution in [-0.4, -0.2) is 46.4 Å². The van der Waals surface area contributed by atoms with E-state index in [0.29, 0.717) is 0 Å². The maximum atomic E-state index is 15.1. The van der Waals surface area contributed by atoms with E-state index in [1.165, 1.54) is 32.4 Å². The first-order valence-electron chi connectivity index (χ1n) is 12.2. The number of hydrogen-bond acceptors (Lipinski definition) is 6. The van der Waals surface area contributed by atoms with Crippen LogP contribution in [0.25, 0.3) is 11.1 Å². The third-order valence-electron chi connectivity index (χ3n) is 6.81. The number of anilines is 1. The number of nitrogens with zero attached hydrogens (tertiary/aromatic N) is 1. The van der Waals surface area contributed by atoms with Crippen molar-refractivity contribution in [2.24, 2.45) is 5.41 Å². The molecule has 12 heteroatoms. The van der Waals surface area contributed by atoms with E-state index in [2.05, 4.69) is 0 Å². The summed E-state index contributed by atoms with van der Waals surface area (Å²) in [7, 11) is -1.96. The standard InChI is InChI=1S/C28H28F3NO7S/c1-28(2,27(33)34)10-9-18-15-32(40(35,36)19-6-7-21(30)24(14-19)37-3)22-11-16(5-8-23(22)39-18)20-12-17(29)13-25(38-4)26(20)31/h5-8,11-14,18H,9-10,15H2,1-4H3,(H,33,34). The van der Waals surface area contributed by atoms with Crippen LogP contribution in [0.15, 0.2) is 53.4 Å². The van der Waals surface area contributed by atoms with Gasteiger partial charge < -0.3 is 19.3 Å². The summed E-state index contributed by atoms with van der Waals surface area (Å²) in [4.78, 5) is 11.3. The number of ether oxygens (including phenoxy) is 3. The molecule has 1 heterocycles. The normalized spacial score (nSPS) is 15.3. The number of aliphatic carboxylic acids is 1. The molecule has 3 aromatic rings. The summed E-state index contributed by atoms with van der Waals surface area (Å²) in [6.07, 6.45) is -0.345. The van der Waals surface area contributed by atoms with Gasteiger partial charge in [-0.1, -0.05) is 6.07 Å². The molecule has 0 saturated heterocycles. The molecule has 214 valence electrons. The fourth-order valence-electron chi connectivity index (χ4n) is 4.34. The number of benzene rings is 3. The van der Waals surface area contributed by atoms with Gasteiger partial charge in [-0.25, -0.2) is 21.6 Å². The molecule has 0 aliphatic carbocycles. The van der Waals surface area contributed by atoms with Gasteiger partial charge in [0.2, 0.25) is 0 Å². The lowest BCUT2D eigenvalue weighted by Crippen LogP contribution is -2.44. The van der Waals surface area contributed by atoms with E-state index < -0.39 is 45.0 Å². The Bertz CT molecular complexity index is 1560. The lowest BCUT2D eigenvalue weighted by atomic mass is 9.86. The Kier molecular flexibility index (Phi) is 7.93. The van der Waals surface area contributed by atoms with Crippen molar-refractivity contribution < 1.29 is 45.7 Å². The van der Waals surface area contributed by atoms with Crippen molar-refractivity contribution in [1.82, 2.24) is 0 Å². The van der Waals surface area contributed by atoms with Gasteiger partial charge in [0.05, 0.1) is 36.8 Å². The van der Waals surface area contributed by atoms with Crippen molar-refractivity contribution in [2.45, 2.75) is 37.7 Å². The van der Waals surface area contributed by atoms with Gasteiger partial charge in [-0.3, -0.25) is 9.10 Å². The molecule has 8 nitrogen and oxygen atoms in total. The van der Waals surface area contributed by atoms with Crippen molar-refractivity contribution in [3.05, 3.63) is 66.0 Å². The summed E-state index contributed by atoms with van der Waals surface area (Å²) >= 11 is 0. The number of rotatable bonds is 9. The van der Waals surface area contributed by atoms with Gasteiger partial charge in [0.25, 0.3) is 10.0 Å². The van der Waals surface area contributed by atoms with Crippen molar-refractivity contribution >= 4 is 21.7 Å². The molecule has 40 heavy (non-hydrogen) atoms. The van der Waals surface area contributed by atoms with Crippen LogP contribution < -0.4 is 18.5 Å².